The zero-order valence-electron chi connectivity index (χ0n) is 9.05. The first-order chi connectivity index (χ1) is 6.54. The van der Waals surface area contributed by atoms with Crippen LogP contribution in [-0.4, -0.2) is 23.9 Å². The molecule has 1 aliphatic carbocycles. The predicted molar refractivity (Wildman–Crippen MR) is 53.6 cm³/mol. The lowest BCUT2D eigenvalue weighted by Crippen LogP contribution is -2.40. The van der Waals surface area contributed by atoms with Crippen molar-refractivity contribution in [3.8, 4) is 6.07 Å². The number of ether oxygens (including phenoxy) is 1. The van der Waals surface area contributed by atoms with Gasteiger partial charge in [-0.25, -0.2) is 0 Å². The standard InChI is InChI=1S/C11H19NO2/c1-10(2)4-3-5-11(8-10,9-12)14-7-6-13/h13H,3-8H2,1-2H3. The highest BCUT2D eigenvalue weighted by Crippen LogP contribution is 2.42. The summed E-state index contributed by atoms with van der Waals surface area (Å²) in [6, 6.07) is 2.27. The largest absolute Gasteiger partial charge is 0.394 e. The fourth-order valence-electron chi connectivity index (χ4n) is 2.29. The molecule has 0 radical (unpaired) electrons. The van der Waals surface area contributed by atoms with Gasteiger partial charge < -0.3 is 9.84 Å². The summed E-state index contributed by atoms with van der Waals surface area (Å²) in [7, 11) is 0. The van der Waals surface area contributed by atoms with E-state index in [-0.39, 0.29) is 18.6 Å². The van der Waals surface area contributed by atoms with E-state index in [9.17, 15) is 0 Å². The molecule has 1 saturated carbocycles. The molecule has 0 heterocycles. The van der Waals surface area contributed by atoms with Crippen molar-refractivity contribution in [2.75, 3.05) is 13.2 Å². The van der Waals surface area contributed by atoms with Crippen LogP contribution in [0.5, 0.6) is 0 Å². The SMILES string of the molecule is CC1(C)CCCC(C#N)(OCCO)C1. The summed E-state index contributed by atoms with van der Waals surface area (Å²) in [6.07, 6.45) is 3.76. The second kappa shape index (κ2) is 4.29. The van der Waals surface area contributed by atoms with Gasteiger partial charge in [0.15, 0.2) is 5.60 Å². The molecule has 0 spiro atoms. The summed E-state index contributed by atoms with van der Waals surface area (Å²) in [4.78, 5) is 0. The quantitative estimate of drug-likeness (QED) is 0.751. The van der Waals surface area contributed by atoms with Crippen LogP contribution in [0, 0.1) is 16.7 Å². The Morgan fingerprint density at radius 2 is 2.14 bits per heavy atom. The van der Waals surface area contributed by atoms with Gasteiger partial charge in [-0.3, -0.25) is 0 Å². The number of hydrogen-bond acceptors (Lipinski definition) is 3. The smallest absolute Gasteiger partial charge is 0.154 e. The third-order valence-electron chi connectivity index (χ3n) is 2.87. The Bertz CT molecular complexity index is 232. The van der Waals surface area contributed by atoms with Gasteiger partial charge in [0.1, 0.15) is 0 Å². The number of aliphatic hydroxyl groups is 1. The Balaban J connectivity index is 2.65. The Morgan fingerprint density at radius 3 is 2.64 bits per heavy atom. The van der Waals surface area contributed by atoms with Gasteiger partial charge in [-0.2, -0.15) is 5.26 Å². The molecular weight excluding hydrogens is 178 g/mol. The molecule has 1 fully saturated rings. The van der Waals surface area contributed by atoms with Crippen LogP contribution in [0.3, 0.4) is 0 Å². The zero-order chi connectivity index (χ0) is 10.7. The Hall–Kier alpha value is -0.590. The third kappa shape index (κ3) is 2.70. The highest BCUT2D eigenvalue weighted by molar-refractivity contribution is 5.06. The molecular formula is C11H19NO2. The number of hydrogen-bond donors (Lipinski definition) is 1. The van der Waals surface area contributed by atoms with Crippen molar-refractivity contribution >= 4 is 0 Å². The van der Waals surface area contributed by atoms with E-state index in [1.54, 1.807) is 0 Å². The first kappa shape index (κ1) is 11.5. The van der Waals surface area contributed by atoms with Crippen molar-refractivity contribution in [3.05, 3.63) is 0 Å². The van der Waals surface area contributed by atoms with Gasteiger partial charge in [-0.15, -0.1) is 0 Å². The van der Waals surface area contributed by atoms with Crippen LogP contribution in [0.25, 0.3) is 0 Å². The van der Waals surface area contributed by atoms with Crippen molar-refractivity contribution in [2.24, 2.45) is 5.41 Å². The Kier molecular flexibility index (Phi) is 3.52. The molecule has 1 aliphatic rings. The molecule has 0 aliphatic heterocycles. The number of rotatable bonds is 3. The molecule has 1 atom stereocenters. The second-order valence-electron chi connectivity index (χ2n) is 4.87. The Labute approximate surface area is 85.7 Å². The van der Waals surface area contributed by atoms with Gasteiger partial charge >= 0.3 is 0 Å². The van der Waals surface area contributed by atoms with Crippen molar-refractivity contribution in [1.82, 2.24) is 0 Å². The van der Waals surface area contributed by atoms with E-state index in [2.05, 4.69) is 19.9 Å². The van der Waals surface area contributed by atoms with Gasteiger partial charge in [0, 0.05) is 0 Å². The summed E-state index contributed by atoms with van der Waals surface area (Å²) in [6.45, 7) is 4.59. The maximum Gasteiger partial charge on any atom is 0.154 e. The maximum absolute atomic E-state index is 9.14. The lowest BCUT2D eigenvalue weighted by Gasteiger charge is -2.40. The molecule has 0 aromatic carbocycles. The van der Waals surface area contributed by atoms with Crippen molar-refractivity contribution < 1.29 is 9.84 Å². The molecule has 1 N–H and O–H groups in total. The normalized spacial score (nSPS) is 31.0. The fourth-order valence-corrected chi connectivity index (χ4v) is 2.29. The Morgan fingerprint density at radius 1 is 1.43 bits per heavy atom. The first-order valence-electron chi connectivity index (χ1n) is 5.20. The third-order valence-corrected chi connectivity index (χ3v) is 2.87. The predicted octanol–water partition coefficient (Wildman–Crippen LogP) is 1.86. The number of nitrogens with zero attached hydrogens (tertiary/aromatic N) is 1. The van der Waals surface area contributed by atoms with Crippen LogP contribution >= 0.6 is 0 Å². The van der Waals surface area contributed by atoms with E-state index >= 15 is 0 Å². The maximum atomic E-state index is 9.14. The topological polar surface area (TPSA) is 53.2 Å². The molecule has 1 unspecified atom stereocenters. The lowest BCUT2D eigenvalue weighted by molar-refractivity contribution is -0.0682. The minimum atomic E-state index is -0.648. The molecule has 80 valence electrons. The van der Waals surface area contributed by atoms with Crippen molar-refractivity contribution in [3.63, 3.8) is 0 Å². The molecule has 3 heteroatoms. The molecule has 0 aromatic heterocycles. The summed E-state index contributed by atoms with van der Waals surface area (Å²) in [5, 5.41) is 17.8. The molecule has 0 amide bonds. The molecule has 1 rings (SSSR count). The number of nitriles is 1. The van der Waals surface area contributed by atoms with Gasteiger partial charge in [-0.1, -0.05) is 13.8 Å². The van der Waals surface area contributed by atoms with Crippen molar-refractivity contribution in [1.29, 1.82) is 5.26 Å². The van der Waals surface area contributed by atoms with Gasteiger partial charge in [0.2, 0.25) is 0 Å². The highest BCUT2D eigenvalue weighted by Gasteiger charge is 2.41. The van der Waals surface area contributed by atoms with E-state index in [1.807, 2.05) is 0 Å². The lowest BCUT2D eigenvalue weighted by atomic mass is 9.70. The molecule has 14 heavy (non-hydrogen) atoms. The van der Waals surface area contributed by atoms with Crippen LogP contribution in [0.15, 0.2) is 0 Å². The van der Waals surface area contributed by atoms with E-state index in [4.69, 9.17) is 15.1 Å². The summed E-state index contributed by atoms with van der Waals surface area (Å²) < 4.78 is 5.49. The summed E-state index contributed by atoms with van der Waals surface area (Å²) in [5.74, 6) is 0. The summed E-state index contributed by atoms with van der Waals surface area (Å²) in [5.41, 5.74) is -0.464. The van der Waals surface area contributed by atoms with Gasteiger partial charge in [0.25, 0.3) is 0 Å². The molecule has 0 aromatic rings. The first-order valence-corrected chi connectivity index (χ1v) is 5.20. The fraction of sp³-hybridized carbons (Fsp3) is 0.909. The van der Waals surface area contributed by atoms with Crippen molar-refractivity contribution in [2.45, 2.75) is 45.1 Å². The van der Waals surface area contributed by atoms with Gasteiger partial charge in [0.05, 0.1) is 19.3 Å². The van der Waals surface area contributed by atoms with Gasteiger partial charge in [-0.05, 0) is 31.1 Å². The second-order valence-corrected chi connectivity index (χ2v) is 4.87. The van der Waals surface area contributed by atoms with E-state index in [0.717, 1.165) is 25.7 Å². The van der Waals surface area contributed by atoms with Crippen LogP contribution in [0.1, 0.15) is 39.5 Å². The van der Waals surface area contributed by atoms with Crippen LogP contribution in [0.2, 0.25) is 0 Å². The van der Waals surface area contributed by atoms with Crippen LogP contribution in [-0.2, 0) is 4.74 Å². The monoisotopic (exact) mass is 197 g/mol. The minimum Gasteiger partial charge on any atom is -0.394 e. The average molecular weight is 197 g/mol. The minimum absolute atomic E-state index is 0.0101. The van der Waals surface area contributed by atoms with E-state index < -0.39 is 5.60 Å². The molecule has 0 bridgehead atoms. The molecule has 0 saturated heterocycles. The average Bonchev–Trinajstić information content (AvgIpc) is 2.13. The molecule has 3 nitrogen and oxygen atoms in total. The van der Waals surface area contributed by atoms with E-state index in [0.29, 0.717) is 0 Å². The number of aliphatic hydroxyl groups excluding tert-OH is 1. The van der Waals surface area contributed by atoms with E-state index in [1.165, 1.54) is 0 Å². The zero-order valence-corrected chi connectivity index (χ0v) is 9.05. The van der Waals surface area contributed by atoms with Crippen LogP contribution in [0.4, 0.5) is 0 Å². The highest BCUT2D eigenvalue weighted by atomic mass is 16.5. The summed E-state index contributed by atoms with van der Waals surface area (Å²) >= 11 is 0. The van der Waals surface area contributed by atoms with Crippen LogP contribution < -0.4 is 0 Å².